The summed E-state index contributed by atoms with van der Waals surface area (Å²) >= 11 is 0. The van der Waals surface area contributed by atoms with Gasteiger partial charge in [-0.15, -0.1) is 0 Å². The molecule has 4 heteroatoms. The number of rotatable bonds is 5. The van der Waals surface area contributed by atoms with Crippen LogP contribution in [0.1, 0.15) is 19.8 Å². The molecular weight excluding hydrogens is 214 g/mol. The van der Waals surface area contributed by atoms with Crippen LogP contribution in [0, 0.1) is 0 Å². The summed E-state index contributed by atoms with van der Waals surface area (Å²) in [6.07, 6.45) is 1.83. The van der Waals surface area contributed by atoms with E-state index in [2.05, 4.69) is 12.0 Å². The van der Waals surface area contributed by atoms with Crippen LogP contribution in [0.4, 0.5) is 0 Å². The lowest BCUT2D eigenvalue weighted by Gasteiger charge is -2.19. The predicted molar refractivity (Wildman–Crippen MR) is 69.0 cm³/mol. The average molecular weight is 233 g/mol. The molecule has 1 aromatic carbocycles. The number of hydrogen-bond donors (Lipinski definition) is 1. The van der Waals surface area contributed by atoms with E-state index < -0.39 is 0 Å². The van der Waals surface area contributed by atoms with Crippen molar-refractivity contribution in [3.05, 3.63) is 30.3 Å². The Bertz CT molecular complexity index is 378. The van der Waals surface area contributed by atoms with Gasteiger partial charge in [-0.05, 0) is 19.1 Å². The van der Waals surface area contributed by atoms with E-state index in [4.69, 9.17) is 10.5 Å². The minimum atomic E-state index is 0.423. The Morgan fingerprint density at radius 3 is 2.82 bits per heavy atom. The number of hydrazone groups is 1. The van der Waals surface area contributed by atoms with Crippen LogP contribution in [0.25, 0.3) is 0 Å². The van der Waals surface area contributed by atoms with E-state index in [0.717, 1.165) is 31.0 Å². The van der Waals surface area contributed by atoms with E-state index in [0.29, 0.717) is 12.6 Å². The topological polar surface area (TPSA) is 50.8 Å². The van der Waals surface area contributed by atoms with Crippen molar-refractivity contribution < 1.29 is 4.74 Å². The van der Waals surface area contributed by atoms with E-state index in [9.17, 15) is 0 Å². The van der Waals surface area contributed by atoms with E-state index >= 15 is 0 Å². The average Bonchev–Trinajstić information content (AvgIpc) is 2.65. The highest BCUT2D eigenvalue weighted by Gasteiger charge is 2.19. The van der Waals surface area contributed by atoms with Crippen molar-refractivity contribution in [2.75, 3.05) is 13.2 Å². The van der Waals surface area contributed by atoms with Crippen LogP contribution in [0.2, 0.25) is 0 Å². The summed E-state index contributed by atoms with van der Waals surface area (Å²) in [5, 5.41) is 6.33. The van der Waals surface area contributed by atoms with E-state index in [-0.39, 0.29) is 0 Å². The van der Waals surface area contributed by atoms with Gasteiger partial charge >= 0.3 is 0 Å². The molecule has 1 aliphatic rings. The minimum absolute atomic E-state index is 0.423. The second-order valence-electron chi connectivity index (χ2n) is 4.32. The third kappa shape index (κ3) is 3.37. The van der Waals surface area contributed by atoms with Crippen LogP contribution in [-0.4, -0.2) is 30.0 Å². The van der Waals surface area contributed by atoms with E-state index in [1.807, 2.05) is 35.3 Å². The van der Waals surface area contributed by atoms with Gasteiger partial charge in [-0.25, -0.2) is 0 Å². The molecule has 0 bridgehead atoms. The van der Waals surface area contributed by atoms with Crippen molar-refractivity contribution in [3.8, 4) is 5.75 Å². The second-order valence-corrected chi connectivity index (χ2v) is 4.32. The smallest absolute Gasteiger partial charge is 0.121 e. The SMILES string of the molecule is CC1CC(N)=NN1CCCOc1ccccc1. The van der Waals surface area contributed by atoms with Gasteiger partial charge in [0.05, 0.1) is 12.6 Å². The summed E-state index contributed by atoms with van der Waals surface area (Å²) in [5.74, 6) is 1.66. The van der Waals surface area contributed by atoms with E-state index in [1.165, 1.54) is 0 Å². The first kappa shape index (κ1) is 11.8. The Labute approximate surface area is 102 Å². The number of nitrogens with two attached hydrogens (primary N) is 1. The number of nitrogens with zero attached hydrogens (tertiary/aromatic N) is 2. The van der Waals surface area contributed by atoms with Crippen molar-refractivity contribution in [2.24, 2.45) is 10.8 Å². The standard InChI is InChI=1S/C13H19N3O/c1-11-10-13(14)15-16(11)8-5-9-17-12-6-3-2-4-7-12/h2-4,6-7,11H,5,8-10H2,1H3,(H2,14,15). The molecule has 1 unspecified atom stereocenters. The maximum Gasteiger partial charge on any atom is 0.121 e. The van der Waals surface area contributed by atoms with Gasteiger partial charge in [0, 0.05) is 19.4 Å². The van der Waals surface area contributed by atoms with Crippen molar-refractivity contribution in [1.29, 1.82) is 0 Å². The summed E-state index contributed by atoms with van der Waals surface area (Å²) in [6.45, 7) is 3.75. The molecule has 0 aliphatic carbocycles. The lowest BCUT2D eigenvalue weighted by Crippen LogP contribution is -2.25. The van der Waals surface area contributed by atoms with Crippen LogP contribution >= 0.6 is 0 Å². The largest absolute Gasteiger partial charge is 0.494 e. The van der Waals surface area contributed by atoms with Gasteiger partial charge in [-0.3, -0.25) is 5.01 Å². The zero-order valence-corrected chi connectivity index (χ0v) is 10.2. The molecule has 0 saturated carbocycles. The van der Waals surface area contributed by atoms with Crippen molar-refractivity contribution in [1.82, 2.24) is 5.01 Å². The van der Waals surface area contributed by atoms with Gasteiger partial charge in [-0.1, -0.05) is 18.2 Å². The fourth-order valence-corrected chi connectivity index (χ4v) is 1.92. The Balaban J connectivity index is 1.67. The Morgan fingerprint density at radius 2 is 2.18 bits per heavy atom. The number of hydrogen-bond acceptors (Lipinski definition) is 4. The highest BCUT2D eigenvalue weighted by Crippen LogP contribution is 2.13. The van der Waals surface area contributed by atoms with Gasteiger partial charge in [0.15, 0.2) is 0 Å². The highest BCUT2D eigenvalue weighted by molar-refractivity contribution is 5.81. The minimum Gasteiger partial charge on any atom is -0.494 e. The molecule has 2 rings (SSSR count). The molecule has 17 heavy (non-hydrogen) atoms. The van der Waals surface area contributed by atoms with Gasteiger partial charge in [0.2, 0.25) is 0 Å². The molecule has 0 amide bonds. The molecule has 0 saturated heterocycles. The molecule has 1 atom stereocenters. The maximum atomic E-state index is 5.69. The zero-order valence-electron chi connectivity index (χ0n) is 10.2. The lowest BCUT2D eigenvalue weighted by molar-refractivity contribution is 0.214. The summed E-state index contributed by atoms with van der Waals surface area (Å²) in [4.78, 5) is 0. The molecule has 1 aliphatic heterocycles. The van der Waals surface area contributed by atoms with Crippen LogP contribution in [0.3, 0.4) is 0 Å². The van der Waals surface area contributed by atoms with Crippen LogP contribution in [0.15, 0.2) is 35.4 Å². The van der Waals surface area contributed by atoms with Crippen LogP contribution in [-0.2, 0) is 0 Å². The second kappa shape index (κ2) is 5.57. The molecule has 1 aromatic rings. The molecule has 0 radical (unpaired) electrons. The Hall–Kier alpha value is -1.71. The fraction of sp³-hybridized carbons (Fsp3) is 0.462. The molecule has 92 valence electrons. The predicted octanol–water partition coefficient (Wildman–Crippen LogP) is 1.82. The number of ether oxygens (including phenoxy) is 1. The molecule has 0 spiro atoms. The molecule has 2 N–H and O–H groups in total. The van der Waals surface area contributed by atoms with Crippen molar-refractivity contribution >= 4 is 5.84 Å². The monoisotopic (exact) mass is 233 g/mol. The van der Waals surface area contributed by atoms with Gasteiger partial charge < -0.3 is 10.5 Å². The Kier molecular flexibility index (Phi) is 3.85. The summed E-state index contributed by atoms with van der Waals surface area (Å²) < 4.78 is 5.62. The first-order valence-electron chi connectivity index (χ1n) is 6.03. The molecular formula is C13H19N3O. The molecule has 0 fully saturated rings. The fourth-order valence-electron chi connectivity index (χ4n) is 1.92. The maximum absolute atomic E-state index is 5.69. The van der Waals surface area contributed by atoms with Crippen molar-refractivity contribution in [3.63, 3.8) is 0 Å². The normalized spacial score (nSPS) is 19.2. The summed E-state index contributed by atoms with van der Waals surface area (Å²) in [6, 6.07) is 10.3. The first-order valence-corrected chi connectivity index (χ1v) is 6.03. The summed E-state index contributed by atoms with van der Waals surface area (Å²) in [7, 11) is 0. The third-order valence-electron chi connectivity index (χ3n) is 2.81. The molecule has 0 aromatic heterocycles. The molecule has 1 heterocycles. The number of benzene rings is 1. The third-order valence-corrected chi connectivity index (χ3v) is 2.81. The van der Waals surface area contributed by atoms with Gasteiger partial charge in [0.1, 0.15) is 11.6 Å². The van der Waals surface area contributed by atoms with Crippen LogP contribution < -0.4 is 10.5 Å². The van der Waals surface area contributed by atoms with Crippen LogP contribution in [0.5, 0.6) is 5.75 Å². The van der Waals surface area contributed by atoms with Gasteiger partial charge in [-0.2, -0.15) is 5.10 Å². The Morgan fingerprint density at radius 1 is 1.41 bits per heavy atom. The van der Waals surface area contributed by atoms with E-state index in [1.54, 1.807) is 0 Å². The first-order chi connectivity index (χ1) is 8.25. The number of para-hydroxylation sites is 1. The lowest BCUT2D eigenvalue weighted by atomic mass is 10.2. The van der Waals surface area contributed by atoms with Crippen molar-refractivity contribution in [2.45, 2.75) is 25.8 Å². The number of amidine groups is 1. The molecule has 4 nitrogen and oxygen atoms in total. The quantitative estimate of drug-likeness (QED) is 0.789. The highest BCUT2D eigenvalue weighted by atomic mass is 16.5. The van der Waals surface area contributed by atoms with Gasteiger partial charge in [0.25, 0.3) is 0 Å². The summed E-state index contributed by atoms with van der Waals surface area (Å²) in [5.41, 5.74) is 5.69. The zero-order chi connectivity index (χ0) is 12.1.